The molecule has 1 spiro atoms. The van der Waals surface area contributed by atoms with Gasteiger partial charge in [-0.1, -0.05) is 261 Å². The Bertz CT molecular complexity index is 4750. The van der Waals surface area contributed by atoms with Crippen LogP contribution >= 0.6 is 0 Å². The van der Waals surface area contributed by atoms with Crippen molar-refractivity contribution in [1.29, 1.82) is 0 Å². The average molecular weight is 1040 g/mol. The Kier molecular flexibility index (Phi) is 10.2. The molecule has 2 nitrogen and oxygen atoms in total. The van der Waals surface area contributed by atoms with Crippen LogP contribution < -0.4 is 4.90 Å². The predicted molar refractivity (Wildman–Crippen MR) is 340 cm³/mol. The molecule has 2 heteroatoms. The topological polar surface area (TPSA) is 8.17 Å². The van der Waals surface area contributed by atoms with E-state index in [1.54, 1.807) is 0 Å². The minimum atomic E-state index is -0.516. The molecule has 1 heterocycles. The Morgan fingerprint density at radius 3 is 1.35 bits per heavy atom. The van der Waals surface area contributed by atoms with Crippen molar-refractivity contribution < 1.29 is 0 Å². The molecule has 0 N–H and O–H groups in total. The van der Waals surface area contributed by atoms with Crippen molar-refractivity contribution in [3.05, 3.63) is 360 Å². The van der Waals surface area contributed by atoms with Gasteiger partial charge in [-0.15, -0.1) is 0 Å². The van der Waals surface area contributed by atoms with Crippen molar-refractivity contribution in [2.24, 2.45) is 0 Å². The van der Waals surface area contributed by atoms with Gasteiger partial charge in [-0.25, -0.2) is 0 Å². The van der Waals surface area contributed by atoms with Gasteiger partial charge < -0.3 is 9.47 Å². The summed E-state index contributed by atoms with van der Waals surface area (Å²) in [7, 11) is 0. The lowest BCUT2D eigenvalue weighted by molar-refractivity contribution is 0.768. The van der Waals surface area contributed by atoms with Crippen molar-refractivity contribution in [3.63, 3.8) is 0 Å². The van der Waals surface area contributed by atoms with Gasteiger partial charge in [0.15, 0.2) is 0 Å². The Hall–Kier alpha value is -10.5. The molecule has 0 aliphatic heterocycles. The second-order valence-corrected chi connectivity index (χ2v) is 22.2. The number of para-hydroxylation sites is 1. The van der Waals surface area contributed by atoms with E-state index in [1.165, 1.54) is 117 Å². The smallest absolute Gasteiger partial charge is 0.0726 e. The van der Waals surface area contributed by atoms with Gasteiger partial charge in [0.25, 0.3) is 0 Å². The van der Waals surface area contributed by atoms with Crippen molar-refractivity contribution >= 4 is 38.9 Å². The summed E-state index contributed by atoms with van der Waals surface area (Å²) >= 11 is 0. The summed E-state index contributed by atoms with van der Waals surface area (Å²) < 4.78 is 2.54. The zero-order chi connectivity index (χ0) is 53.9. The number of hydrogen-bond acceptors (Lipinski definition) is 1. The van der Waals surface area contributed by atoms with Crippen molar-refractivity contribution in [3.8, 4) is 61.3 Å². The summed E-state index contributed by atoms with van der Waals surface area (Å²) in [4.78, 5) is 2.47. The molecule has 3 aliphatic carbocycles. The van der Waals surface area contributed by atoms with E-state index in [4.69, 9.17) is 0 Å². The monoisotopic (exact) mass is 1040 g/mol. The van der Waals surface area contributed by atoms with Crippen LogP contribution in [0.2, 0.25) is 0 Å². The van der Waals surface area contributed by atoms with E-state index in [0.29, 0.717) is 0 Å². The summed E-state index contributed by atoms with van der Waals surface area (Å²) in [5.41, 5.74) is 28.6. The standard InChI is InChI=1S/C80H52N2/c1-4-22-53(23-5-1)54-42-45-59(46-43-54)81(61-47-49-65-64-32-12-17-37-71(64)80(74(65)52-61)69-35-15-10-30-62(69)63-31-11-16-36-70(63)80)60-29-20-24-55(50-60)56-44-48-67-66-33-14-19-40-75(66)82(77(67)51-56)76-41-21-39-73-78(76)68-34-13-18-38-72(68)79(73,57-25-6-2-7-26-57)58-27-8-3-9-28-58/h1-52H. The summed E-state index contributed by atoms with van der Waals surface area (Å²) in [5.74, 6) is 0. The minimum absolute atomic E-state index is 0.473. The largest absolute Gasteiger partial charge is 0.310 e. The van der Waals surface area contributed by atoms with E-state index in [-0.39, 0.29) is 0 Å². The van der Waals surface area contributed by atoms with E-state index in [0.717, 1.165) is 28.2 Å². The molecular formula is C80H52N2. The molecule has 82 heavy (non-hydrogen) atoms. The first-order valence-electron chi connectivity index (χ1n) is 28.6. The van der Waals surface area contributed by atoms with Gasteiger partial charge in [-0.3, -0.25) is 0 Å². The van der Waals surface area contributed by atoms with Gasteiger partial charge in [0.1, 0.15) is 0 Å². The zero-order valence-electron chi connectivity index (χ0n) is 44.9. The Morgan fingerprint density at radius 2 is 0.695 bits per heavy atom. The molecule has 17 rings (SSSR count). The molecule has 0 fully saturated rings. The van der Waals surface area contributed by atoms with Crippen LogP contribution in [-0.2, 0) is 10.8 Å². The van der Waals surface area contributed by atoms with E-state index < -0.39 is 10.8 Å². The number of hydrogen-bond donors (Lipinski definition) is 0. The van der Waals surface area contributed by atoms with Crippen LogP contribution in [0.1, 0.15) is 44.5 Å². The summed E-state index contributed by atoms with van der Waals surface area (Å²) in [6.45, 7) is 0. The number of aromatic nitrogens is 1. The van der Waals surface area contributed by atoms with Gasteiger partial charge in [0.2, 0.25) is 0 Å². The maximum atomic E-state index is 2.54. The van der Waals surface area contributed by atoms with Crippen LogP contribution in [0, 0.1) is 0 Å². The summed E-state index contributed by atoms with van der Waals surface area (Å²) in [6, 6.07) is 118. The minimum Gasteiger partial charge on any atom is -0.310 e. The fraction of sp³-hybridized carbons (Fsp3) is 0.0250. The Morgan fingerprint density at radius 1 is 0.244 bits per heavy atom. The number of fused-ring (bicyclic) bond motifs is 16. The molecule has 0 atom stereocenters. The van der Waals surface area contributed by atoms with Gasteiger partial charge in [-0.05, 0) is 149 Å². The quantitative estimate of drug-likeness (QED) is 0.147. The molecule has 14 aromatic rings. The number of benzene rings is 13. The van der Waals surface area contributed by atoms with Gasteiger partial charge in [0, 0.05) is 33.4 Å². The molecule has 3 aliphatic rings. The lowest BCUT2D eigenvalue weighted by Gasteiger charge is -2.34. The van der Waals surface area contributed by atoms with E-state index in [1.807, 2.05) is 0 Å². The molecule has 382 valence electrons. The molecule has 0 amide bonds. The van der Waals surface area contributed by atoms with Crippen LogP contribution in [0.4, 0.5) is 17.1 Å². The normalized spacial score (nSPS) is 13.6. The highest BCUT2D eigenvalue weighted by Gasteiger charge is 2.52. The Labute approximate surface area is 477 Å². The zero-order valence-corrected chi connectivity index (χ0v) is 44.9. The molecule has 0 radical (unpaired) electrons. The van der Waals surface area contributed by atoms with Crippen LogP contribution in [0.3, 0.4) is 0 Å². The number of anilines is 3. The highest BCUT2D eigenvalue weighted by Crippen LogP contribution is 2.64. The average Bonchev–Trinajstić information content (AvgIpc) is 2.00. The highest BCUT2D eigenvalue weighted by molar-refractivity contribution is 6.11. The predicted octanol–water partition coefficient (Wildman–Crippen LogP) is 20.3. The lowest BCUT2D eigenvalue weighted by atomic mass is 9.68. The third-order valence-electron chi connectivity index (χ3n) is 18.3. The second kappa shape index (κ2) is 18.0. The maximum absolute atomic E-state index is 2.54. The van der Waals surface area contributed by atoms with Gasteiger partial charge in [-0.2, -0.15) is 0 Å². The molecule has 0 saturated heterocycles. The van der Waals surface area contributed by atoms with E-state index in [9.17, 15) is 0 Å². The van der Waals surface area contributed by atoms with E-state index >= 15 is 0 Å². The number of nitrogens with zero attached hydrogens (tertiary/aromatic N) is 2. The first-order valence-corrected chi connectivity index (χ1v) is 28.6. The summed E-state index contributed by atoms with van der Waals surface area (Å²) in [5, 5.41) is 2.45. The molecule has 0 unspecified atom stereocenters. The highest BCUT2D eigenvalue weighted by atomic mass is 15.1. The van der Waals surface area contributed by atoms with Crippen molar-refractivity contribution in [2.45, 2.75) is 10.8 Å². The number of rotatable bonds is 8. The molecule has 0 saturated carbocycles. The first kappa shape index (κ1) is 46.4. The lowest BCUT2D eigenvalue weighted by Crippen LogP contribution is -2.28. The molecule has 13 aromatic carbocycles. The third-order valence-corrected chi connectivity index (χ3v) is 18.3. The van der Waals surface area contributed by atoms with E-state index in [2.05, 4.69) is 325 Å². The fourth-order valence-corrected chi connectivity index (χ4v) is 15.0. The van der Waals surface area contributed by atoms with Crippen molar-refractivity contribution in [2.75, 3.05) is 4.90 Å². The van der Waals surface area contributed by atoms with Crippen molar-refractivity contribution in [1.82, 2.24) is 4.57 Å². The van der Waals surface area contributed by atoms with Gasteiger partial charge >= 0.3 is 0 Å². The molecule has 1 aromatic heterocycles. The first-order chi connectivity index (χ1) is 40.7. The maximum Gasteiger partial charge on any atom is 0.0726 e. The van der Waals surface area contributed by atoms with Gasteiger partial charge in [0.05, 0.1) is 27.6 Å². The Balaban J connectivity index is 0.858. The second-order valence-electron chi connectivity index (χ2n) is 22.2. The summed E-state index contributed by atoms with van der Waals surface area (Å²) in [6.07, 6.45) is 0. The van der Waals surface area contributed by atoms with Crippen LogP contribution in [-0.4, -0.2) is 4.57 Å². The molecular weight excluding hydrogens is 989 g/mol. The third kappa shape index (κ3) is 6.46. The molecule has 0 bridgehead atoms. The SMILES string of the molecule is c1ccc(-c2ccc(N(c3cccc(-c4ccc5c6ccccc6n(-c6cccc7c6-c6ccccc6C7(c6ccccc6)c6ccccc6)c5c4)c3)c3ccc4c(c3)C3(c5ccccc5-c5ccccc53)c3ccccc3-4)cc2)cc1. The van der Waals surface area contributed by atoms with Crippen LogP contribution in [0.25, 0.3) is 83.1 Å². The van der Waals surface area contributed by atoms with Crippen LogP contribution in [0.15, 0.2) is 315 Å². The fourth-order valence-electron chi connectivity index (χ4n) is 15.0. The van der Waals surface area contributed by atoms with Crippen LogP contribution in [0.5, 0.6) is 0 Å².